The Hall–Kier alpha value is -2.06. The third-order valence-corrected chi connectivity index (χ3v) is 5.18. The van der Waals surface area contributed by atoms with Crippen molar-refractivity contribution in [3.63, 3.8) is 0 Å². The molecule has 2 aromatic heterocycles. The molecule has 6 atom stereocenters. The number of aliphatic hydroxyl groups excluding tert-OH is 3. The molecule has 1 saturated heterocycles. The number of ether oxygens (including phenoxy) is 2. The van der Waals surface area contributed by atoms with Gasteiger partial charge in [0.2, 0.25) is 0 Å². The highest BCUT2D eigenvalue weighted by atomic mass is 19.4. The summed E-state index contributed by atoms with van der Waals surface area (Å²) in [5, 5.41) is 33.4. The number of fused-ring (bicyclic) bond motifs is 1. The molecule has 0 unspecified atom stereocenters. The summed E-state index contributed by atoms with van der Waals surface area (Å²) in [7, 11) is 0. The molecule has 10 nitrogen and oxygen atoms in total. The fraction of sp³-hybridized carbons (Fsp3) is 0.688. The summed E-state index contributed by atoms with van der Waals surface area (Å²) in [6.45, 7) is -0.966. The van der Waals surface area contributed by atoms with E-state index in [0.29, 0.717) is 17.8 Å². The number of alkyl halides is 3. The summed E-state index contributed by atoms with van der Waals surface area (Å²) >= 11 is 0. The first kappa shape index (κ1) is 20.2. The molecule has 4 rings (SSSR count). The van der Waals surface area contributed by atoms with Gasteiger partial charge in [0, 0.05) is 0 Å². The van der Waals surface area contributed by atoms with Crippen LogP contribution in [0.2, 0.25) is 0 Å². The van der Waals surface area contributed by atoms with E-state index in [4.69, 9.17) is 4.74 Å². The number of aromatic nitrogens is 4. The summed E-state index contributed by atoms with van der Waals surface area (Å²) in [5.41, 5.74) is 0.593. The van der Waals surface area contributed by atoms with Gasteiger partial charge in [-0.1, -0.05) is 0 Å². The maximum absolute atomic E-state index is 12.3. The van der Waals surface area contributed by atoms with Crippen LogP contribution >= 0.6 is 0 Å². The van der Waals surface area contributed by atoms with E-state index in [1.807, 2.05) is 0 Å². The number of nitrogens with zero attached hydrogens (tertiary/aromatic N) is 4. The second-order valence-electron chi connectivity index (χ2n) is 7.10. The average Bonchev–Trinajstić information content (AvgIpc) is 3.34. The number of anilines is 1. The lowest BCUT2D eigenvalue weighted by molar-refractivity contribution is -0.333. The van der Waals surface area contributed by atoms with Crippen LogP contribution in [0.1, 0.15) is 25.5 Å². The molecule has 0 bridgehead atoms. The van der Waals surface area contributed by atoms with Crippen molar-refractivity contribution in [1.29, 1.82) is 0 Å². The largest absolute Gasteiger partial charge is 0.522 e. The van der Waals surface area contributed by atoms with Gasteiger partial charge in [-0.05, 0) is 19.3 Å². The van der Waals surface area contributed by atoms with Crippen molar-refractivity contribution < 1.29 is 38.0 Å². The van der Waals surface area contributed by atoms with Crippen molar-refractivity contribution in [2.75, 3.05) is 11.9 Å². The van der Waals surface area contributed by atoms with Gasteiger partial charge < -0.3 is 25.4 Å². The summed E-state index contributed by atoms with van der Waals surface area (Å²) in [5.74, 6) is 0.379. The van der Waals surface area contributed by atoms with Crippen LogP contribution in [-0.2, 0) is 9.47 Å². The van der Waals surface area contributed by atoms with E-state index in [1.54, 1.807) is 0 Å². The standard InChI is InChI=1S/C16H20F3N5O5/c17-16(18,19)28-4-9-11(26)12(27)15(29-9)24-6-22-10-13(20-5-21-14(10)24)23-7-2-1-3-8(7)25/h5-9,11-12,15,25-27H,1-4H2,(H,20,21,23)/t7-,8-,9-,11-,12-,15-/m1/s1. The van der Waals surface area contributed by atoms with Crippen LogP contribution in [0.5, 0.6) is 0 Å². The van der Waals surface area contributed by atoms with Crippen molar-refractivity contribution in [3.05, 3.63) is 12.7 Å². The lowest BCUT2D eigenvalue weighted by Gasteiger charge is -2.18. The van der Waals surface area contributed by atoms with Crippen molar-refractivity contribution in [2.45, 2.75) is 62.3 Å². The molecule has 0 amide bonds. The Bertz CT molecular complexity index is 865. The number of rotatable bonds is 5. The summed E-state index contributed by atoms with van der Waals surface area (Å²) in [6, 6.07) is -0.183. The predicted molar refractivity (Wildman–Crippen MR) is 90.5 cm³/mol. The van der Waals surface area contributed by atoms with Gasteiger partial charge >= 0.3 is 6.36 Å². The third-order valence-electron chi connectivity index (χ3n) is 5.18. The zero-order valence-electron chi connectivity index (χ0n) is 15.0. The Morgan fingerprint density at radius 1 is 1.17 bits per heavy atom. The minimum Gasteiger partial charge on any atom is -0.391 e. The lowest BCUT2D eigenvalue weighted by atomic mass is 10.1. The molecule has 2 fully saturated rings. The molecule has 160 valence electrons. The molecule has 2 aromatic rings. The number of halogens is 3. The van der Waals surface area contributed by atoms with Gasteiger partial charge in [0.15, 0.2) is 23.2 Å². The van der Waals surface area contributed by atoms with Crippen molar-refractivity contribution >= 4 is 17.0 Å². The molecule has 1 aliphatic heterocycles. The molecule has 0 spiro atoms. The molecular weight excluding hydrogens is 399 g/mol. The van der Waals surface area contributed by atoms with E-state index < -0.39 is 43.6 Å². The van der Waals surface area contributed by atoms with Crippen molar-refractivity contribution in [2.24, 2.45) is 0 Å². The minimum atomic E-state index is -4.88. The van der Waals surface area contributed by atoms with Crippen molar-refractivity contribution in [3.8, 4) is 0 Å². The molecule has 3 heterocycles. The molecule has 0 radical (unpaired) electrons. The van der Waals surface area contributed by atoms with Crippen molar-refractivity contribution in [1.82, 2.24) is 19.5 Å². The second-order valence-corrected chi connectivity index (χ2v) is 7.10. The predicted octanol–water partition coefficient (Wildman–Crippen LogP) is 0.307. The second kappa shape index (κ2) is 7.65. The first-order valence-electron chi connectivity index (χ1n) is 9.09. The van der Waals surface area contributed by atoms with E-state index in [0.717, 1.165) is 12.8 Å². The fourth-order valence-corrected chi connectivity index (χ4v) is 3.70. The normalized spacial score (nSPS) is 32.9. The zero-order valence-corrected chi connectivity index (χ0v) is 15.0. The summed E-state index contributed by atoms with van der Waals surface area (Å²) in [4.78, 5) is 12.5. The number of aliphatic hydroxyl groups is 3. The average molecular weight is 419 g/mol. The highest BCUT2D eigenvalue weighted by Gasteiger charge is 2.46. The van der Waals surface area contributed by atoms with E-state index in [9.17, 15) is 28.5 Å². The Balaban J connectivity index is 1.56. The van der Waals surface area contributed by atoms with E-state index in [1.165, 1.54) is 17.2 Å². The SMILES string of the molecule is O[C@@H]1[C@H](O)[C@@H](COC(F)(F)F)O[C@H]1n1cnc2c(N[C@@H]3CCC[C@H]3O)ncnc21. The summed E-state index contributed by atoms with van der Waals surface area (Å²) < 4.78 is 47.2. The van der Waals surface area contributed by atoms with Gasteiger partial charge in [-0.15, -0.1) is 13.2 Å². The van der Waals surface area contributed by atoms with Crippen LogP contribution in [-0.4, -0.2) is 78.3 Å². The van der Waals surface area contributed by atoms with E-state index >= 15 is 0 Å². The fourth-order valence-electron chi connectivity index (χ4n) is 3.70. The number of nitrogens with one attached hydrogen (secondary N) is 1. The van der Waals surface area contributed by atoms with Gasteiger partial charge in [-0.2, -0.15) is 0 Å². The van der Waals surface area contributed by atoms with Gasteiger partial charge in [0.25, 0.3) is 0 Å². The molecule has 13 heteroatoms. The molecule has 4 N–H and O–H groups in total. The van der Waals surface area contributed by atoms with Crippen LogP contribution in [0.25, 0.3) is 11.2 Å². The Kier molecular flexibility index (Phi) is 5.33. The smallest absolute Gasteiger partial charge is 0.391 e. The van der Waals surface area contributed by atoms with Gasteiger partial charge in [-0.25, -0.2) is 15.0 Å². The highest BCUT2D eigenvalue weighted by Crippen LogP contribution is 2.33. The molecule has 1 saturated carbocycles. The maximum Gasteiger partial charge on any atom is 0.522 e. The highest BCUT2D eigenvalue weighted by molar-refractivity contribution is 5.82. The number of imidazole rings is 1. The van der Waals surface area contributed by atoms with Crippen LogP contribution in [0.3, 0.4) is 0 Å². The number of hydrogen-bond donors (Lipinski definition) is 4. The Labute approximate surface area is 162 Å². The number of hydrogen-bond acceptors (Lipinski definition) is 9. The zero-order chi connectivity index (χ0) is 20.8. The summed E-state index contributed by atoms with van der Waals surface area (Å²) in [6.07, 6.45) is -6.22. The Morgan fingerprint density at radius 2 is 1.97 bits per heavy atom. The monoisotopic (exact) mass is 419 g/mol. The van der Waals surface area contributed by atoms with Crippen LogP contribution in [0.4, 0.5) is 19.0 Å². The molecule has 2 aliphatic rings. The first-order valence-corrected chi connectivity index (χ1v) is 9.09. The lowest BCUT2D eigenvalue weighted by Crippen LogP contribution is -2.35. The van der Waals surface area contributed by atoms with Gasteiger partial charge in [-0.3, -0.25) is 9.30 Å². The third kappa shape index (κ3) is 4.00. The molecule has 29 heavy (non-hydrogen) atoms. The molecular formula is C16H20F3N5O5. The van der Waals surface area contributed by atoms with Crippen LogP contribution < -0.4 is 5.32 Å². The Morgan fingerprint density at radius 3 is 2.66 bits per heavy atom. The maximum atomic E-state index is 12.3. The topological polar surface area (TPSA) is 135 Å². The minimum absolute atomic E-state index is 0.183. The van der Waals surface area contributed by atoms with Gasteiger partial charge in [0.05, 0.1) is 25.1 Å². The van der Waals surface area contributed by atoms with Gasteiger partial charge in [0.1, 0.15) is 24.6 Å². The molecule has 0 aromatic carbocycles. The first-order chi connectivity index (χ1) is 13.7. The van der Waals surface area contributed by atoms with Crippen LogP contribution in [0.15, 0.2) is 12.7 Å². The quantitative estimate of drug-likeness (QED) is 0.540. The van der Waals surface area contributed by atoms with Crippen LogP contribution in [0, 0.1) is 0 Å². The van der Waals surface area contributed by atoms with E-state index in [2.05, 4.69) is 25.0 Å². The van der Waals surface area contributed by atoms with E-state index in [-0.39, 0.29) is 11.7 Å². The molecule has 1 aliphatic carbocycles.